The van der Waals surface area contributed by atoms with Gasteiger partial charge in [0, 0.05) is 25.1 Å². The van der Waals surface area contributed by atoms with E-state index >= 15 is 0 Å². The SMILES string of the molecule is [2H]C(C)c1cc(-c2ccccc2)ccc1N(c1cc2c(cc1C([2H])C)C(C)(C)c1ccccc1-2)C(C)(C)C. The third-order valence-corrected chi connectivity index (χ3v) is 7.64. The van der Waals surface area contributed by atoms with Crippen molar-refractivity contribution in [1.29, 1.82) is 0 Å². The molecule has 1 nitrogen and oxygen atoms in total. The van der Waals surface area contributed by atoms with Crippen molar-refractivity contribution < 1.29 is 2.74 Å². The number of fused-ring (bicyclic) bond motifs is 3. The Morgan fingerprint density at radius 2 is 1.31 bits per heavy atom. The van der Waals surface area contributed by atoms with Crippen LogP contribution in [0.15, 0.2) is 84.9 Å². The molecule has 0 bridgehead atoms. The summed E-state index contributed by atoms with van der Waals surface area (Å²) in [4.78, 5) is 2.37. The summed E-state index contributed by atoms with van der Waals surface area (Å²) in [6, 6.07) is 30.2. The predicted molar refractivity (Wildman–Crippen MR) is 157 cm³/mol. The summed E-state index contributed by atoms with van der Waals surface area (Å²) in [5, 5.41) is 0. The highest BCUT2D eigenvalue weighted by Crippen LogP contribution is 2.51. The normalized spacial score (nSPS) is 16.4. The average Bonchev–Trinajstić information content (AvgIpc) is 3.09. The van der Waals surface area contributed by atoms with E-state index in [4.69, 9.17) is 2.74 Å². The van der Waals surface area contributed by atoms with Gasteiger partial charge < -0.3 is 4.90 Å². The Morgan fingerprint density at radius 3 is 1.97 bits per heavy atom. The molecule has 184 valence electrons. The molecule has 0 radical (unpaired) electrons. The van der Waals surface area contributed by atoms with Crippen LogP contribution in [0.5, 0.6) is 0 Å². The van der Waals surface area contributed by atoms with Crippen LogP contribution < -0.4 is 4.90 Å². The number of hydrogen-bond acceptors (Lipinski definition) is 1. The Bertz CT molecular complexity index is 1480. The molecule has 36 heavy (non-hydrogen) atoms. The molecule has 1 aliphatic carbocycles. The van der Waals surface area contributed by atoms with Gasteiger partial charge in [0.25, 0.3) is 0 Å². The highest BCUT2D eigenvalue weighted by molar-refractivity contribution is 5.86. The molecule has 0 amide bonds. The molecule has 2 atom stereocenters. The Balaban J connectivity index is 1.77. The molecule has 0 N–H and O–H groups in total. The fourth-order valence-corrected chi connectivity index (χ4v) is 5.83. The van der Waals surface area contributed by atoms with Crippen LogP contribution in [0, 0.1) is 0 Å². The van der Waals surface area contributed by atoms with Crippen molar-refractivity contribution in [2.45, 2.75) is 72.2 Å². The van der Waals surface area contributed by atoms with E-state index < -0.39 is 6.40 Å². The summed E-state index contributed by atoms with van der Waals surface area (Å²) in [6.07, 6.45) is -0.787. The number of benzene rings is 4. The molecule has 0 aliphatic heterocycles. The van der Waals surface area contributed by atoms with Crippen molar-refractivity contribution >= 4 is 11.4 Å². The second-order valence-electron chi connectivity index (χ2n) is 11.4. The second-order valence-corrected chi connectivity index (χ2v) is 11.4. The molecule has 0 heterocycles. The Morgan fingerprint density at radius 1 is 0.667 bits per heavy atom. The summed E-state index contributed by atoms with van der Waals surface area (Å²) < 4.78 is 17.7. The lowest BCUT2D eigenvalue weighted by molar-refractivity contribution is 0.557. The zero-order valence-corrected chi connectivity index (χ0v) is 22.7. The fourth-order valence-electron chi connectivity index (χ4n) is 5.83. The second kappa shape index (κ2) is 8.96. The van der Waals surface area contributed by atoms with Gasteiger partial charge in [-0.2, -0.15) is 0 Å². The average molecular weight is 476 g/mol. The minimum atomic E-state index is -0.399. The number of nitrogens with zero attached hydrogens (tertiary/aromatic N) is 1. The van der Waals surface area contributed by atoms with Crippen LogP contribution in [0.25, 0.3) is 22.3 Å². The summed E-state index contributed by atoms with van der Waals surface area (Å²) in [7, 11) is 0. The van der Waals surface area contributed by atoms with E-state index in [1.54, 1.807) is 0 Å². The first kappa shape index (κ1) is 21.9. The summed E-state index contributed by atoms with van der Waals surface area (Å²) in [6.45, 7) is 15.2. The van der Waals surface area contributed by atoms with Gasteiger partial charge in [-0.1, -0.05) is 94.4 Å². The van der Waals surface area contributed by atoms with E-state index in [2.05, 4.69) is 118 Å². The third-order valence-electron chi connectivity index (χ3n) is 7.64. The molecule has 1 aliphatic rings. The van der Waals surface area contributed by atoms with Crippen molar-refractivity contribution in [2.24, 2.45) is 0 Å². The first-order valence-corrected chi connectivity index (χ1v) is 13.0. The van der Waals surface area contributed by atoms with Gasteiger partial charge in [-0.15, -0.1) is 0 Å². The van der Waals surface area contributed by atoms with Crippen molar-refractivity contribution in [3.63, 3.8) is 0 Å². The highest BCUT2D eigenvalue weighted by atomic mass is 15.2. The molecule has 4 aromatic rings. The minimum absolute atomic E-state index is 0.112. The molecule has 0 fully saturated rings. The maximum atomic E-state index is 8.89. The molecular weight excluding hydrogens is 434 g/mol. The smallest absolute Gasteiger partial charge is 0.0454 e. The van der Waals surface area contributed by atoms with E-state index in [-0.39, 0.29) is 17.4 Å². The highest BCUT2D eigenvalue weighted by Gasteiger charge is 2.37. The van der Waals surface area contributed by atoms with E-state index in [0.717, 1.165) is 33.6 Å². The first-order valence-electron chi connectivity index (χ1n) is 14.2. The quantitative estimate of drug-likeness (QED) is 0.278. The number of aryl methyl sites for hydroxylation is 2. The largest absolute Gasteiger partial charge is 0.336 e. The lowest BCUT2D eigenvalue weighted by atomic mass is 9.81. The lowest BCUT2D eigenvalue weighted by Gasteiger charge is -2.41. The fraction of sp³-hybridized carbons (Fsp3) is 0.314. The van der Waals surface area contributed by atoms with Crippen molar-refractivity contribution in [3.8, 4) is 22.3 Å². The molecule has 0 aromatic heterocycles. The number of anilines is 2. The lowest BCUT2D eigenvalue weighted by Crippen LogP contribution is -2.39. The van der Waals surface area contributed by atoms with E-state index in [9.17, 15) is 0 Å². The Labute approximate surface area is 220 Å². The summed E-state index contributed by atoms with van der Waals surface area (Å²) in [5.41, 5.74) is 11.2. The zero-order chi connectivity index (χ0) is 27.4. The van der Waals surface area contributed by atoms with Gasteiger partial charge in [0.05, 0.1) is 0 Å². The van der Waals surface area contributed by atoms with Gasteiger partial charge in [-0.05, 0) is 96.3 Å². The van der Waals surface area contributed by atoms with Crippen molar-refractivity contribution in [1.82, 2.24) is 0 Å². The van der Waals surface area contributed by atoms with E-state index in [1.165, 1.54) is 22.3 Å². The van der Waals surface area contributed by atoms with Gasteiger partial charge >= 0.3 is 0 Å². The van der Waals surface area contributed by atoms with Gasteiger partial charge in [-0.25, -0.2) is 0 Å². The number of rotatable bonds is 5. The van der Waals surface area contributed by atoms with Crippen molar-refractivity contribution in [3.05, 3.63) is 107 Å². The van der Waals surface area contributed by atoms with Crippen LogP contribution in [-0.4, -0.2) is 5.54 Å². The van der Waals surface area contributed by atoms with Gasteiger partial charge in [0.2, 0.25) is 0 Å². The monoisotopic (exact) mass is 475 g/mol. The molecule has 0 saturated heterocycles. The number of hydrogen-bond donors (Lipinski definition) is 0. The Kier molecular flexibility index (Phi) is 5.46. The van der Waals surface area contributed by atoms with Crippen LogP contribution in [0.3, 0.4) is 0 Å². The summed E-state index contributed by atoms with van der Waals surface area (Å²) >= 11 is 0. The molecule has 1 heteroatoms. The topological polar surface area (TPSA) is 3.24 Å². The van der Waals surface area contributed by atoms with Crippen LogP contribution >= 0.6 is 0 Å². The molecule has 5 rings (SSSR count). The molecule has 2 unspecified atom stereocenters. The minimum Gasteiger partial charge on any atom is -0.336 e. The van der Waals surface area contributed by atoms with Crippen LogP contribution in [0.1, 0.15) is 73.5 Å². The first-order chi connectivity index (χ1) is 17.9. The standard InChI is InChI=1S/C35H39N/c1-8-24-21-27(26-15-11-10-12-16-26)19-20-32(24)36(34(3,4)5)33-23-29-28-17-13-14-18-30(28)35(6,7)31(29)22-25(33)9-2/h10-23H,8-9H2,1-7H3/i8D,9D. The maximum absolute atomic E-state index is 8.89. The molecule has 0 saturated carbocycles. The van der Waals surface area contributed by atoms with Crippen LogP contribution in [0.4, 0.5) is 11.4 Å². The van der Waals surface area contributed by atoms with Crippen LogP contribution in [-0.2, 0) is 18.2 Å². The van der Waals surface area contributed by atoms with E-state index in [0.29, 0.717) is 0 Å². The molecule has 0 spiro atoms. The van der Waals surface area contributed by atoms with Gasteiger partial charge in [-0.3, -0.25) is 0 Å². The van der Waals surface area contributed by atoms with Crippen molar-refractivity contribution in [2.75, 3.05) is 4.90 Å². The van der Waals surface area contributed by atoms with Gasteiger partial charge in [0.15, 0.2) is 0 Å². The van der Waals surface area contributed by atoms with Crippen LogP contribution in [0.2, 0.25) is 0 Å². The zero-order valence-electron chi connectivity index (χ0n) is 24.7. The molecular formula is C35H39N. The Hall–Kier alpha value is -3.32. The predicted octanol–water partition coefficient (Wildman–Crippen LogP) is 9.72. The van der Waals surface area contributed by atoms with E-state index in [1.807, 2.05) is 19.9 Å². The maximum Gasteiger partial charge on any atom is 0.0454 e. The summed E-state index contributed by atoms with van der Waals surface area (Å²) in [5.74, 6) is 0. The third kappa shape index (κ3) is 3.95. The molecule has 4 aromatic carbocycles. The van der Waals surface area contributed by atoms with Gasteiger partial charge in [0.1, 0.15) is 0 Å².